The second-order valence-electron chi connectivity index (χ2n) is 4.41. The summed E-state index contributed by atoms with van der Waals surface area (Å²) in [4.78, 5) is 0. The Bertz CT molecular complexity index is 295. The number of benzene rings is 1. The minimum Gasteiger partial charge on any atom is -0.0590 e. The maximum absolute atomic E-state index is 2.30. The lowest BCUT2D eigenvalue weighted by atomic mass is 10.0. The van der Waals surface area contributed by atoms with Gasteiger partial charge in [0.15, 0.2) is 0 Å². The predicted molar refractivity (Wildman–Crippen MR) is 57.0 cm³/mol. The van der Waals surface area contributed by atoms with E-state index in [9.17, 15) is 0 Å². The van der Waals surface area contributed by atoms with Crippen LogP contribution in [0.4, 0.5) is 0 Å². The lowest BCUT2D eigenvalue weighted by molar-refractivity contribution is 0.724. The molecule has 0 aromatic heterocycles. The van der Waals surface area contributed by atoms with Gasteiger partial charge < -0.3 is 0 Å². The monoisotopic (exact) mass is 174 g/mol. The van der Waals surface area contributed by atoms with Gasteiger partial charge in [-0.3, -0.25) is 0 Å². The summed E-state index contributed by atoms with van der Waals surface area (Å²) in [5.74, 6) is 1.06. The Labute approximate surface area is 81.0 Å². The third-order valence-corrected chi connectivity index (χ3v) is 3.02. The molecule has 0 radical (unpaired) electrons. The van der Waals surface area contributed by atoms with Gasteiger partial charge in [-0.1, -0.05) is 36.6 Å². The molecule has 0 unspecified atom stereocenters. The van der Waals surface area contributed by atoms with Crippen LogP contribution < -0.4 is 0 Å². The fourth-order valence-electron chi connectivity index (χ4n) is 1.89. The average molecular weight is 174 g/mol. The smallest absolute Gasteiger partial charge is 0.0274 e. The third-order valence-electron chi connectivity index (χ3n) is 3.02. The van der Waals surface area contributed by atoms with Gasteiger partial charge in [-0.25, -0.2) is 0 Å². The molecular formula is C13H18. The van der Waals surface area contributed by atoms with Crippen LogP contribution in [0.5, 0.6) is 0 Å². The summed E-state index contributed by atoms with van der Waals surface area (Å²) in [6.07, 6.45) is 5.65. The van der Waals surface area contributed by atoms with Crippen molar-refractivity contribution >= 4 is 0 Å². The van der Waals surface area contributed by atoms with E-state index >= 15 is 0 Å². The van der Waals surface area contributed by atoms with Gasteiger partial charge in [-0.05, 0) is 43.7 Å². The molecule has 0 amide bonds. The van der Waals surface area contributed by atoms with Crippen LogP contribution in [0.2, 0.25) is 0 Å². The molecule has 70 valence electrons. The van der Waals surface area contributed by atoms with E-state index in [1.54, 1.807) is 5.56 Å². The Morgan fingerprint density at radius 1 is 1.23 bits per heavy atom. The Balaban J connectivity index is 2.01. The van der Waals surface area contributed by atoms with Gasteiger partial charge >= 0.3 is 0 Å². The van der Waals surface area contributed by atoms with Crippen LogP contribution >= 0.6 is 0 Å². The van der Waals surface area contributed by atoms with Crippen molar-refractivity contribution in [2.24, 2.45) is 5.92 Å². The average Bonchev–Trinajstić information content (AvgIpc) is 2.86. The molecule has 0 spiro atoms. The zero-order valence-electron chi connectivity index (χ0n) is 8.64. The van der Waals surface area contributed by atoms with E-state index in [4.69, 9.17) is 0 Å². The molecule has 0 bridgehead atoms. The van der Waals surface area contributed by atoms with Crippen molar-refractivity contribution in [3.05, 3.63) is 34.9 Å². The first-order valence-electron chi connectivity index (χ1n) is 5.32. The Hall–Kier alpha value is -0.780. The van der Waals surface area contributed by atoms with Crippen molar-refractivity contribution in [3.63, 3.8) is 0 Å². The number of aryl methyl sites for hydroxylation is 3. The molecule has 13 heavy (non-hydrogen) atoms. The number of rotatable bonds is 3. The molecule has 1 saturated carbocycles. The van der Waals surface area contributed by atoms with Crippen LogP contribution in [-0.4, -0.2) is 0 Å². The highest BCUT2D eigenvalue weighted by molar-refractivity contribution is 5.30. The predicted octanol–water partition coefficient (Wildman–Crippen LogP) is 3.65. The van der Waals surface area contributed by atoms with E-state index in [-0.39, 0.29) is 0 Å². The van der Waals surface area contributed by atoms with Crippen molar-refractivity contribution in [2.75, 3.05) is 0 Å². The molecule has 0 N–H and O–H groups in total. The summed E-state index contributed by atoms with van der Waals surface area (Å²) >= 11 is 0. The van der Waals surface area contributed by atoms with Gasteiger partial charge in [0, 0.05) is 0 Å². The lowest BCUT2D eigenvalue weighted by Crippen LogP contribution is -1.91. The summed E-state index contributed by atoms with van der Waals surface area (Å²) in [7, 11) is 0. The summed E-state index contributed by atoms with van der Waals surface area (Å²) in [5, 5.41) is 0. The zero-order valence-corrected chi connectivity index (χ0v) is 8.64. The molecule has 1 aromatic carbocycles. The molecular weight excluding hydrogens is 156 g/mol. The van der Waals surface area contributed by atoms with Gasteiger partial charge in [-0.2, -0.15) is 0 Å². The Kier molecular flexibility index (Phi) is 2.39. The highest BCUT2D eigenvalue weighted by atomic mass is 14.3. The molecule has 1 fully saturated rings. The first-order valence-corrected chi connectivity index (χ1v) is 5.32. The molecule has 0 atom stereocenters. The minimum atomic E-state index is 1.06. The maximum Gasteiger partial charge on any atom is -0.0274 e. The normalized spacial score (nSPS) is 16.2. The molecule has 1 aromatic rings. The maximum atomic E-state index is 2.30. The van der Waals surface area contributed by atoms with Crippen molar-refractivity contribution in [1.29, 1.82) is 0 Å². The van der Waals surface area contributed by atoms with Crippen molar-refractivity contribution in [2.45, 2.75) is 39.5 Å². The Morgan fingerprint density at radius 2 is 2.00 bits per heavy atom. The van der Waals surface area contributed by atoms with Crippen LogP contribution in [0.3, 0.4) is 0 Å². The summed E-state index contributed by atoms with van der Waals surface area (Å²) < 4.78 is 0. The SMILES string of the molecule is Cc1ccc(CCC2CC2)c(C)c1. The Morgan fingerprint density at radius 3 is 2.62 bits per heavy atom. The quantitative estimate of drug-likeness (QED) is 0.656. The van der Waals surface area contributed by atoms with E-state index in [0.717, 1.165) is 5.92 Å². The molecule has 0 nitrogen and oxygen atoms in total. The highest BCUT2D eigenvalue weighted by Gasteiger charge is 2.20. The summed E-state index contributed by atoms with van der Waals surface area (Å²) in [5.41, 5.74) is 4.41. The molecule has 0 saturated heterocycles. The standard InChI is InChI=1S/C13H18/c1-10-3-7-13(11(2)9-10)8-6-12-4-5-12/h3,7,9,12H,4-6,8H2,1-2H3. The van der Waals surface area contributed by atoms with E-state index in [0.29, 0.717) is 0 Å². The van der Waals surface area contributed by atoms with Crippen molar-refractivity contribution in [1.82, 2.24) is 0 Å². The van der Waals surface area contributed by atoms with E-state index in [2.05, 4.69) is 32.0 Å². The topological polar surface area (TPSA) is 0 Å². The third kappa shape index (κ3) is 2.33. The van der Waals surface area contributed by atoms with E-state index in [1.165, 1.54) is 36.8 Å². The molecule has 0 heterocycles. The van der Waals surface area contributed by atoms with Gasteiger partial charge in [0.1, 0.15) is 0 Å². The van der Waals surface area contributed by atoms with Gasteiger partial charge in [0.05, 0.1) is 0 Å². The summed E-state index contributed by atoms with van der Waals surface area (Å²) in [6, 6.07) is 6.82. The summed E-state index contributed by atoms with van der Waals surface area (Å²) in [6.45, 7) is 4.40. The van der Waals surface area contributed by atoms with Crippen molar-refractivity contribution in [3.8, 4) is 0 Å². The number of hydrogen-bond donors (Lipinski definition) is 0. The molecule has 1 aliphatic rings. The first-order chi connectivity index (χ1) is 6.25. The zero-order chi connectivity index (χ0) is 9.26. The van der Waals surface area contributed by atoms with Crippen LogP contribution in [0.1, 0.15) is 36.0 Å². The van der Waals surface area contributed by atoms with Crippen molar-refractivity contribution < 1.29 is 0 Å². The number of hydrogen-bond acceptors (Lipinski definition) is 0. The fourth-order valence-corrected chi connectivity index (χ4v) is 1.89. The van der Waals surface area contributed by atoms with Crippen LogP contribution in [-0.2, 0) is 6.42 Å². The van der Waals surface area contributed by atoms with E-state index < -0.39 is 0 Å². The van der Waals surface area contributed by atoms with Crippen LogP contribution in [0.25, 0.3) is 0 Å². The second kappa shape index (κ2) is 3.53. The lowest BCUT2D eigenvalue weighted by Gasteiger charge is -2.05. The first kappa shape index (κ1) is 8.80. The minimum absolute atomic E-state index is 1.06. The molecule has 1 aliphatic carbocycles. The largest absolute Gasteiger partial charge is 0.0590 e. The molecule has 0 aliphatic heterocycles. The van der Waals surface area contributed by atoms with E-state index in [1.807, 2.05) is 0 Å². The van der Waals surface area contributed by atoms with Crippen LogP contribution in [0, 0.1) is 19.8 Å². The molecule has 2 rings (SSSR count). The van der Waals surface area contributed by atoms with Gasteiger partial charge in [0.2, 0.25) is 0 Å². The van der Waals surface area contributed by atoms with Crippen LogP contribution in [0.15, 0.2) is 18.2 Å². The highest BCUT2D eigenvalue weighted by Crippen LogP contribution is 2.33. The van der Waals surface area contributed by atoms with Gasteiger partial charge in [-0.15, -0.1) is 0 Å². The van der Waals surface area contributed by atoms with Gasteiger partial charge in [0.25, 0.3) is 0 Å². The molecule has 0 heteroatoms. The fraction of sp³-hybridized carbons (Fsp3) is 0.538. The second-order valence-corrected chi connectivity index (χ2v) is 4.41.